The molecule has 1 unspecified atom stereocenters. The molecule has 1 atom stereocenters. The van der Waals surface area contributed by atoms with Gasteiger partial charge in [0.2, 0.25) is 0 Å². The summed E-state index contributed by atoms with van der Waals surface area (Å²) in [5.41, 5.74) is 7.44. The van der Waals surface area contributed by atoms with Gasteiger partial charge >= 0.3 is 0 Å². The first kappa shape index (κ1) is 12.3. The predicted octanol–water partition coefficient (Wildman–Crippen LogP) is 2.82. The fraction of sp³-hybridized carbons (Fsp3) is 0.357. The van der Waals surface area contributed by atoms with Crippen LogP contribution >= 0.6 is 11.3 Å². The van der Waals surface area contributed by atoms with Gasteiger partial charge in [-0.05, 0) is 49.1 Å². The van der Waals surface area contributed by atoms with E-state index in [9.17, 15) is 0 Å². The molecule has 0 aliphatic heterocycles. The van der Waals surface area contributed by atoms with E-state index in [0.717, 1.165) is 19.3 Å². The van der Waals surface area contributed by atoms with Crippen LogP contribution in [-0.2, 0) is 19.3 Å². The Bertz CT molecular complexity index is 450. The second-order valence-electron chi connectivity index (χ2n) is 4.25. The number of hydrogen-bond acceptors (Lipinski definition) is 3. The van der Waals surface area contributed by atoms with Crippen LogP contribution in [0.1, 0.15) is 22.2 Å². The van der Waals surface area contributed by atoms with Crippen molar-refractivity contribution in [1.82, 2.24) is 4.98 Å². The molecule has 17 heavy (non-hydrogen) atoms. The Kier molecular flexibility index (Phi) is 4.29. The highest BCUT2D eigenvalue weighted by molar-refractivity contribution is 7.11. The van der Waals surface area contributed by atoms with Gasteiger partial charge in [-0.3, -0.25) is 4.98 Å². The number of nitrogens with two attached hydrogens (primary N) is 1. The standard InChI is InChI=1S/C14H18N2S/c1-2-13-3-4-14(17-13)10-12(15)9-11-5-7-16-8-6-11/h3-8,12H,2,9-10,15H2,1H3. The maximum atomic E-state index is 6.17. The molecule has 0 bridgehead atoms. The molecule has 0 aliphatic rings. The Morgan fingerprint density at radius 3 is 2.47 bits per heavy atom. The molecule has 0 fully saturated rings. The third-order valence-electron chi connectivity index (χ3n) is 2.78. The van der Waals surface area contributed by atoms with Crippen LogP contribution in [0.15, 0.2) is 36.7 Å². The van der Waals surface area contributed by atoms with E-state index in [2.05, 4.69) is 24.0 Å². The van der Waals surface area contributed by atoms with Crippen molar-refractivity contribution in [2.75, 3.05) is 0 Å². The summed E-state index contributed by atoms with van der Waals surface area (Å²) in [6.45, 7) is 2.19. The topological polar surface area (TPSA) is 38.9 Å². The van der Waals surface area contributed by atoms with Crippen molar-refractivity contribution in [3.05, 3.63) is 52.0 Å². The van der Waals surface area contributed by atoms with Gasteiger partial charge in [0.05, 0.1) is 0 Å². The molecular weight excluding hydrogens is 228 g/mol. The van der Waals surface area contributed by atoms with E-state index in [1.165, 1.54) is 15.3 Å². The van der Waals surface area contributed by atoms with E-state index in [-0.39, 0.29) is 6.04 Å². The fourth-order valence-corrected chi connectivity index (χ4v) is 2.92. The zero-order valence-electron chi connectivity index (χ0n) is 10.1. The Morgan fingerprint density at radius 2 is 1.82 bits per heavy atom. The van der Waals surface area contributed by atoms with Gasteiger partial charge in [0.1, 0.15) is 0 Å². The highest BCUT2D eigenvalue weighted by Crippen LogP contribution is 2.18. The van der Waals surface area contributed by atoms with Crippen molar-refractivity contribution in [3.63, 3.8) is 0 Å². The normalized spacial score (nSPS) is 12.6. The molecule has 2 aromatic rings. The molecule has 2 N–H and O–H groups in total. The largest absolute Gasteiger partial charge is 0.327 e. The van der Waals surface area contributed by atoms with Crippen LogP contribution in [0.5, 0.6) is 0 Å². The first-order valence-electron chi connectivity index (χ1n) is 6.00. The minimum absolute atomic E-state index is 0.195. The number of aromatic nitrogens is 1. The second-order valence-corrected chi connectivity index (χ2v) is 5.50. The lowest BCUT2D eigenvalue weighted by Crippen LogP contribution is -2.25. The summed E-state index contributed by atoms with van der Waals surface area (Å²) in [6, 6.07) is 8.67. The van der Waals surface area contributed by atoms with Crippen LogP contribution in [0, 0.1) is 0 Å². The molecule has 90 valence electrons. The molecule has 0 saturated carbocycles. The maximum Gasteiger partial charge on any atom is 0.0270 e. The summed E-state index contributed by atoms with van der Waals surface area (Å²) in [7, 11) is 0. The van der Waals surface area contributed by atoms with Gasteiger partial charge in [0.15, 0.2) is 0 Å². The average molecular weight is 246 g/mol. The summed E-state index contributed by atoms with van der Waals surface area (Å²) in [5.74, 6) is 0. The second kappa shape index (κ2) is 5.94. The van der Waals surface area contributed by atoms with Crippen LogP contribution < -0.4 is 5.73 Å². The first-order chi connectivity index (χ1) is 8.28. The lowest BCUT2D eigenvalue weighted by atomic mass is 10.0. The van der Waals surface area contributed by atoms with Crippen molar-refractivity contribution < 1.29 is 0 Å². The van der Waals surface area contributed by atoms with E-state index in [1.807, 2.05) is 35.9 Å². The minimum Gasteiger partial charge on any atom is -0.327 e. The number of pyridine rings is 1. The molecule has 0 spiro atoms. The third kappa shape index (κ3) is 3.65. The van der Waals surface area contributed by atoms with Crippen molar-refractivity contribution in [1.29, 1.82) is 0 Å². The van der Waals surface area contributed by atoms with Crippen molar-refractivity contribution in [2.24, 2.45) is 5.73 Å². The lowest BCUT2D eigenvalue weighted by Gasteiger charge is -2.09. The lowest BCUT2D eigenvalue weighted by molar-refractivity contribution is 0.670. The number of thiophene rings is 1. The molecular formula is C14H18N2S. The molecule has 0 amide bonds. The smallest absolute Gasteiger partial charge is 0.0270 e. The van der Waals surface area contributed by atoms with Gasteiger partial charge in [-0.25, -0.2) is 0 Å². The molecule has 0 saturated heterocycles. The highest BCUT2D eigenvalue weighted by atomic mass is 32.1. The van der Waals surface area contributed by atoms with Crippen molar-refractivity contribution in [2.45, 2.75) is 32.2 Å². The predicted molar refractivity (Wildman–Crippen MR) is 73.3 cm³/mol. The van der Waals surface area contributed by atoms with E-state index < -0.39 is 0 Å². The number of rotatable bonds is 5. The first-order valence-corrected chi connectivity index (χ1v) is 6.81. The Labute approximate surface area is 107 Å². The maximum absolute atomic E-state index is 6.17. The molecule has 3 heteroatoms. The third-order valence-corrected chi connectivity index (χ3v) is 4.03. The van der Waals surface area contributed by atoms with Crippen LogP contribution in [0.2, 0.25) is 0 Å². The van der Waals surface area contributed by atoms with Gasteiger partial charge in [0, 0.05) is 28.2 Å². The van der Waals surface area contributed by atoms with Gasteiger partial charge in [-0.2, -0.15) is 0 Å². The summed E-state index contributed by atoms with van der Waals surface area (Å²) in [6.07, 6.45) is 6.64. The van der Waals surface area contributed by atoms with E-state index in [0.29, 0.717) is 0 Å². The fourth-order valence-electron chi connectivity index (χ4n) is 1.87. The van der Waals surface area contributed by atoms with Crippen LogP contribution in [0.3, 0.4) is 0 Å². The number of hydrogen-bond donors (Lipinski definition) is 1. The van der Waals surface area contributed by atoms with Crippen molar-refractivity contribution >= 4 is 11.3 Å². The van der Waals surface area contributed by atoms with E-state index in [4.69, 9.17) is 5.73 Å². The zero-order chi connectivity index (χ0) is 12.1. The van der Waals surface area contributed by atoms with Gasteiger partial charge in [-0.15, -0.1) is 11.3 Å². The van der Waals surface area contributed by atoms with Crippen LogP contribution in [0.25, 0.3) is 0 Å². The molecule has 2 aromatic heterocycles. The molecule has 2 rings (SSSR count). The highest BCUT2D eigenvalue weighted by Gasteiger charge is 2.07. The molecule has 2 heterocycles. The van der Waals surface area contributed by atoms with Crippen LogP contribution in [0.4, 0.5) is 0 Å². The molecule has 0 aromatic carbocycles. The van der Waals surface area contributed by atoms with E-state index >= 15 is 0 Å². The summed E-state index contributed by atoms with van der Waals surface area (Å²) < 4.78 is 0. The molecule has 0 aliphatic carbocycles. The summed E-state index contributed by atoms with van der Waals surface area (Å²) in [5, 5.41) is 0. The summed E-state index contributed by atoms with van der Waals surface area (Å²) in [4.78, 5) is 6.85. The quantitative estimate of drug-likeness (QED) is 0.881. The zero-order valence-corrected chi connectivity index (χ0v) is 10.9. The van der Waals surface area contributed by atoms with E-state index in [1.54, 1.807) is 0 Å². The van der Waals surface area contributed by atoms with Gasteiger partial charge < -0.3 is 5.73 Å². The Balaban J connectivity index is 1.91. The minimum atomic E-state index is 0.195. The number of aryl methyl sites for hydroxylation is 1. The monoisotopic (exact) mass is 246 g/mol. The van der Waals surface area contributed by atoms with Crippen molar-refractivity contribution in [3.8, 4) is 0 Å². The summed E-state index contributed by atoms with van der Waals surface area (Å²) >= 11 is 1.88. The van der Waals surface area contributed by atoms with Gasteiger partial charge in [0.25, 0.3) is 0 Å². The number of nitrogens with zero attached hydrogens (tertiary/aromatic N) is 1. The molecule has 0 radical (unpaired) electrons. The van der Waals surface area contributed by atoms with Crippen LogP contribution in [-0.4, -0.2) is 11.0 Å². The average Bonchev–Trinajstić information content (AvgIpc) is 2.78. The Hall–Kier alpha value is -1.19. The van der Waals surface area contributed by atoms with Gasteiger partial charge in [-0.1, -0.05) is 6.92 Å². The Morgan fingerprint density at radius 1 is 1.12 bits per heavy atom. The molecule has 2 nitrogen and oxygen atoms in total. The SMILES string of the molecule is CCc1ccc(CC(N)Cc2ccncc2)s1.